The molecule has 28 heavy (non-hydrogen) atoms. The van der Waals surface area contributed by atoms with Crippen molar-refractivity contribution in [3.63, 3.8) is 0 Å². The summed E-state index contributed by atoms with van der Waals surface area (Å²) in [5.41, 5.74) is 3.89. The summed E-state index contributed by atoms with van der Waals surface area (Å²) in [6.45, 7) is 6.08. The van der Waals surface area contributed by atoms with Gasteiger partial charge in [-0.3, -0.25) is 9.69 Å². The molecule has 4 heteroatoms. The van der Waals surface area contributed by atoms with Crippen molar-refractivity contribution in [3.8, 4) is 11.1 Å². The number of likely N-dealkylation sites (tertiary alicyclic amines) is 2. The molecule has 1 atom stereocenters. The van der Waals surface area contributed by atoms with Crippen LogP contribution in [0.2, 0.25) is 0 Å². The first kappa shape index (κ1) is 19.2. The smallest absolute Gasteiger partial charge is 0.253 e. The highest BCUT2D eigenvalue weighted by atomic mass is 16.3. The molecule has 4 rings (SSSR count). The number of rotatable bonds is 5. The van der Waals surface area contributed by atoms with Gasteiger partial charge in [0.1, 0.15) is 0 Å². The lowest BCUT2D eigenvalue weighted by Gasteiger charge is -2.46. The van der Waals surface area contributed by atoms with E-state index in [9.17, 15) is 9.90 Å². The number of nitrogens with zero attached hydrogens (tertiary/aromatic N) is 2. The first-order chi connectivity index (χ1) is 13.7. The summed E-state index contributed by atoms with van der Waals surface area (Å²) in [4.78, 5) is 17.3. The zero-order valence-corrected chi connectivity index (χ0v) is 16.7. The number of benzene rings is 2. The van der Waals surface area contributed by atoms with Gasteiger partial charge < -0.3 is 10.0 Å². The molecule has 0 spiro atoms. The van der Waals surface area contributed by atoms with E-state index >= 15 is 0 Å². The Morgan fingerprint density at radius 3 is 2.11 bits per heavy atom. The first-order valence-corrected chi connectivity index (χ1v) is 10.6. The van der Waals surface area contributed by atoms with Crippen molar-refractivity contribution in [1.29, 1.82) is 0 Å². The number of piperidine rings is 1. The van der Waals surface area contributed by atoms with E-state index in [1.165, 1.54) is 32.4 Å². The average Bonchev–Trinajstić information content (AvgIpc) is 2.73. The summed E-state index contributed by atoms with van der Waals surface area (Å²) >= 11 is 0. The van der Waals surface area contributed by atoms with Crippen molar-refractivity contribution in [2.45, 2.75) is 44.8 Å². The first-order valence-electron chi connectivity index (χ1n) is 10.6. The van der Waals surface area contributed by atoms with E-state index in [-0.39, 0.29) is 5.91 Å². The van der Waals surface area contributed by atoms with E-state index in [2.05, 4.69) is 4.90 Å². The Morgan fingerprint density at radius 1 is 0.964 bits per heavy atom. The fourth-order valence-electron chi connectivity index (χ4n) is 4.26. The minimum atomic E-state index is -0.403. The van der Waals surface area contributed by atoms with Gasteiger partial charge in [-0.15, -0.1) is 0 Å². The topological polar surface area (TPSA) is 43.8 Å². The van der Waals surface area contributed by atoms with E-state index in [1.54, 1.807) is 0 Å². The van der Waals surface area contributed by atoms with Crippen LogP contribution in [0.1, 0.15) is 54.6 Å². The summed E-state index contributed by atoms with van der Waals surface area (Å²) in [5.74, 6) is 0.140. The Hall–Kier alpha value is -2.17. The highest BCUT2D eigenvalue weighted by Gasteiger charge is 2.35. The Morgan fingerprint density at radius 2 is 1.54 bits per heavy atom. The van der Waals surface area contributed by atoms with Crippen LogP contribution in [-0.4, -0.2) is 53.0 Å². The van der Waals surface area contributed by atoms with Crippen LogP contribution in [-0.2, 0) is 0 Å². The van der Waals surface area contributed by atoms with Gasteiger partial charge in [-0.05, 0) is 61.2 Å². The third-order valence-corrected chi connectivity index (χ3v) is 6.20. The van der Waals surface area contributed by atoms with Gasteiger partial charge >= 0.3 is 0 Å². The second kappa shape index (κ2) is 8.46. The van der Waals surface area contributed by atoms with Gasteiger partial charge in [0.25, 0.3) is 5.91 Å². The maximum absolute atomic E-state index is 12.7. The number of hydrogen-bond donors (Lipinski definition) is 1. The summed E-state index contributed by atoms with van der Waals surface area (Å²) in [5, 5.41) is 9.93. The Kier molecular flexibility index (Phi) is 5.79. The molecule has 2 heterocycles. The van der Waals surface area contributed by atoms with Crippen molar-refractivity contribution >= 4 is 5.91 Å². The van der Waals surface area contributed by atoms with Crippen molar-refractivity contribution < 1.29 is 9.90 Å². The van der Waals surface area contributed by atoms with Crippen LogP contribution in [0.25, 0.3) is 11.1 Å². The van der Waals surface area contributed by atoms with Crippen LogP contribution in [0.5, 0.6) is 0 Å². The molecule has 148 valence electrons. The monoisotopic (exact) mass is 378 g/mol. The molecule has 0 unspecified atom stereocenters. The van der Waals surface area contributed by atoms with Gasteiger partial charge in [0, 0.05) is 24.7 Å². The van der Waals surface area contributed by atoms with Gasteiger partial charge in [-0.1, -0.05) is 49.7 Å². The molecule has 2 fully saturated rings. The van der Waals surface area contributed by atoms with E-state index < -0.39 is 6.10 Å². The predicted molar refractivity (Wildman–Crippen MR) is 112 cm³/mol. The molecule has 2 aromatic rings. The highest BCUT2D eigenvalue weighted by Crippen LogP contribution is 2.25. The summed E-state index contributed by atoms with van der Waals surface area (Å²) in [6, 6.07) is 16.5. The number of aliphatic hydroxyl groups is 1. The standard InChI is InChI=1S/C24H30N2O2/c1-2-23(27)20-10-6-18(7-11-20)19-8-12-21(13-9-19)24(28)26-16-22(17-26)25-14-4-3-5-15-25/h6-13,22-23,27H,2-5,14-17H2,1H3/t23-/m0/s1. The number of carbonyl (C=O) groups is 1. The van der Waals surface area contributed by atoms with Crippen LogP contribution in [0.4, 0.5) is 0 Å². The molecule has 2 aromatic carbocycles. The lowest BCUT2D eigenvalue weighted by Crippen LogP contribution is -2.61. The lowest BCUT2D eigenvalue weighted by molar-refractivity contribution is 0.0203. The minimum Gasteiger partial charge on any atom is -0.388 e. The lowest BCUT2D eigenvalue weighted by atomic mass is 9.98. The molecule has 2 aliphatic heterocycles. The van der Waals surface area contributed by atoms with Crippen LogP contribution in [0.15, 0.2) is 48.5 Å². The highest BCUT2D eigenvalue weighted by molar-refractivity contribution is 5.95. The van der Waals surface area contributed by atoms with E-state index in [0.29, 0.717) is 12.5 Å². The fourth-order valence-corrected chi connectivity index (χ4v) is 4.26. The average molecular weight is 379 g/mol. The van der Waals surface area contributed by atoms with E-state index in [4.69, 9.17) is 0 Å². The minimum absolute atomic E-state index is 0.140. The van der Waals surface area contributed by atoms with Gasteiger partial charge in [-0.25, -0.2) is 0 Å². The number of hydrogen-bond acceptors (Lipinski definition) is 3. The third-order valence-electron chi connectivity index (χ3n) is 6.20. The second-order valence-electron chi connectivity index (χ2n) is 8.08. The van der Waals surface area contributed by atoms with Crippen molar-refractivity contribution in [3.05, 3.63) is 59.7 Å². The molecule has 0 radical (unpaired) electrons. The quantitative estimate of drug-likeness (QED) is 0.852. The molecule has 2 aliphatic rings. The van der Waals surface area contributed by atoms with Crippen LogP contribution in [0.3, 0.4) is 0 Å². The third kappa shape index (κ3) is 3.98. The Balaban J connectivity index is 1.36. The van der Waals surface area contributed by atoms with Crippen LogP contribution >= 0.6 is 0 Å². The van der Waals surface area contributed by atoms with Crippen molar-refractivity contribution in [1.82, 2.24) is 9.80 Å². The number of amides is 1. The van der Waals surface area contributed by atoms with Gasteiger partial charge in [0.2, 0.25) is 0 Å². The summed E-state index contributed by atoms with van der Waals surface area (Å²) in [7, 11) is 0. The summed E-state index contributed by atoms with van der Waals surface area (Å²) in [6.07, 6.45) is 4.25. The number of carbonyl (C=O) groups excluding carboxylic acids is 1. The van der Waals surface area contributed by atoms with Gasteiger partial charge in [0.15, 0.2) is 0 Å². The van der Waals surface area contributed by atoms with E-state index in [0.717, 1.165) is 35.3 Å². The zero-order chi connectivity index (χ0) is 19.5. The van der Waals surface area contributed by atoms with Gasteiger partial charge in [-0.2, -0.15) is 0 Å². The Bertz CT molecular complexity index is 788. The van der Waals surface area contributed by atoms with Gasteiger partial charge in [0.05, 0.1) is 6.10 Å². The van der Waals surface area contributed by atoms with Crippen molar-refractivity contribution in [2.75, 3.05) is 26.2 Å². The van der Waals surface area contributed by atoms with Crippen LogP contribution < -0.4 is 0 Å². The maximum Gasteiger partial charge on any atom is 0.253 e. The second-order valence-corrected chi connectivity index (χ2v) is 8.08. The normalized spacial score (nSPS) is 19.3. The SMILES string of the molecule is CC[C@H](O)c1ccc(-c2ccc(C(=O)N3CC(N4CCCCC4)C3)cc2)cc1. The molecule has 2 saturated heterocycles. The maximum atomic E-state index is 12.7. The van der Waals surface area contributed by atoms with Crippen molar-refractivity contribution in [2.24, 2.45) is 0 Å². The molecule has 0 saturated carbocycles. The molecule has 1 N–H and O–H groups in total. The zero-order valence-electron chi connectivity index (χ0n) is 16.7. The predicted octanol–water partition coefficient (Wildman–Crippen LogP) is 4.11. The fraction of sp³-hybridized carbons (Fsp3) is 0.458. The number of aliphatic hydroxyl groups excluding tert-OH is 1. The molecule has 4 nitrogen and oxygen atoms in total. The molecular weight excluding hydrogens is 348 g/mol. The van der Waals surface area contributed by atoms with E-state index in [1.807, 2.05) is 60.4 Å². The molecule has 0 aromatic heterocycles. The Labute approximate surface area is 167 Å². The molecule has 0 aliphatic carbocycles. The molecule has 1 amide bonds. The summed E-state index contributed by atoms with van der Waals surface area (Å²) < 4.78 is 0. The van der Waals surface area contributed by atoms with Crippen LogP contribution in [0, 0.1) is 0 Å². The molecular formula is C24H30N2O2. The molecule has 0 bridgehead atoms. The largest absolute Gasteiger partial charge is 0.388 e.